The van der Waals surface area contributed by atoms with Crippen LogP contribution in [0.25, 0.3) is 0 Å². The standard InChI is InChI=1S/C14H22O9/c1-6(15)12(21)9(18)10(4,19)11(5,20)13(22,7(2)16)14(12,23)8(3)17/h9,18-23H,1-5H3/t9-,10-,11-,12+,13+,14-/m0/s1. The second-order valence-electron chi connectivity index (χ2n) is 6.48. The number of hydrogen-bond donors (Lipinski definition) is 6. The lowest BCUT2D eigenvalue weighted by atomic mass is 9.47. The van der Waals surface area contributed by atoms with Crippen molar-refractivity contribution in [3.8, 4) is 0 Å². The zero-order chi connectivity index (χ0) is 18.8. The molecular formula is C14H22O9. The number of aliphatic hydroxyl groups is 6. The van der Waals surface area contributed by atoms with Crippen molar-refractivity contribution in [1.82, 2.24) is 0 Å². The minimum Gasteiger partial charge on any atom is -0.386 e. The molecule has 1 saturated carbocycles. The smallest absolute Gasteiger partial charge is 0.200 e. The summed E-state index contributed by atoms with van der Waals surface area (Å²) in [6.45, 7) is 3.49. The van der Waals surface area contributed by atoms with Crippen molar-refractivity contribution in [1.29, 1.82) is 0 Å². The first-order chi connectivity index (χ1) is 9.98. The van der Waals surface area contributed by atoms with Gasteiger partial charge in [0.25, 0.3) is 0 Å². The van der Waals surface area contributed by atoms with Crippen LogP contribution in [0.2, 0.25) is 0 Å². The van der Waals surface area contributed by atoms with E-state index in [1.54, 1.807) is 0 Å². The molecule has 6 atom stereocenters. The number of hydrogen-bond acceptors (Lipinski definition) is 9. The summed E-state index contributed by atoms with van der Waals surface area (Å²) in [5.41, 5.74) is -16.3. The average molecular weight is 334 g/mol. The first-order valence-electron chi connectivity index (χ1n) is 6.82. The molecule has 0 aromatic rings. The van der Waals surface area contributed by atoms with Gasteiger partial charge < -0.3 is 30.6 Å². The number of carbonyl (C=O) groups is 3. The van der Waals surface area contributed by atoms with Crippen LogP contribution in [0.5, 0.6) is 0 Å². The predicted octanol–water partition coefficient (Wildman–Crippen LogP) is -3.18. The number of aliphatic hydroxyl groups excluding tert-OH is 1. The topological polar surface area (TPSA) is 173 Å². The molecule has 0 aliphatic heterocycles. The third kappa shape index (κ3) is 1.74. The van der Waals surface area contributed by atoms with Crippen LogP contribution in [0, 0.1) is 0 Å². The van der Waals surface area contributed by atoms with Gasteiger partial charge in [-0.3, -0.25) is 14.4 Å². The Balaban J connectivity index is 4.11. The molecule has 0 heterocycles. The Bertz CT molecular complexity index is 581. The predicted molar refractivity (Wildman–Crippen MR) is 74.1 cm³/mol. The highest BCUT2D eigenvalue weighted by molar-refractivity contribution is 6.06. The van der Waals surface area contributed by atoms with E-state index in [1.807, 2.05) is 0 Å². The Hall–Kier alpha value is -1.23. The van der Waals surface area contributed by atoms with Crippen molar-refractivity contribution in [3.63, 3.8) is 0 Å². The summed E-state index contributed by atoms with van der Waals surface area (Å²) in [6, 6.07) is 0. The van der Waals surface area contributed by atoms with Crippen LogP contribution in [-0.2, 0) is 14.4 Å². The molecule has 0 saturated heterocycles. The number of Topliss-reactive ketones (excluding diaryl/α,β-unsaturated/α-hetero) is 3. The van der Waals surface area contributed by atoms with Gasteiger partial charge in [0.05, 0.1) is 0 Å². The molecule has 9 heteroatoms. The monoisotopic (exact) mass is 334 g/mol. The molecule has 6 N–H and O–H groups in total. The lowest BCUT2D eigenvalue weighted by molar-refractivity contribution is -0.367. The maximum Gasteiger partial charge on any atom is 0.200 e. The highest BCUT2D eigenvalue weighted by Crippen LogP contribution is 2.54. The lowest BCUT2D eigenvalue weighted by Crippen LogP contribution is -2.94. The van der Waals surface area contributed by atoms with Gasteiger partial charge in [-0.05, 0) is 34.6 Å². The second-order valence-corrected chi connectivity index (χ2v) is 6.48. The van der Waals surface area contributed by atoms with E-state index in [0.717, 1.165) is 6.92 Å². The quantitative estimate of drug-likeness (QED) is 0.311. The maximum absolute atomic E-state index is 12.0. The van der Waals surface area contributed by atoms with Crippen molar-refractivity contribution in [2.75, 3.05) is 0 Å². The number of rotatable bonds is 3. The van der Waals surface area contributed by atoms with Crippen molar-refractivity contribution >= 4 is 17.3 Å². The van der Waals surface area contributed by atoms with Gasteiger partial charge in [-0.25, -0.2) is 0 Å². The molecule has 1 aliphatic rings. The first kappa shape index (κ1) is 19.8. The summed E-state index contributed by atoms with van der Waals surface area (Å²) >= 11 is 0. The number of carbonyl (C=O) groups excluding carboxylic acids is 3. The van der Waals surface area contributed by atoms with Crippen LogP contribution >= 0.6 is 0 Å². The average Bonchev–Trinajstić information content (AvgIpc) is 2.41. The van der Waals surface area contributed by atoms with E-state index < -0.39 is 51.5 Å². The van der Waals surface area contributed by atoms with Gasteiger partial charge in [-0.2, -0.15) is 0 Å². The van der Waals surface area contributed by atoms with Crippen LogP contribution in [-0.4, -0.2) is 82.1 Å². The molecule has 0 radical (unpaired) electrons. The third-order valence-electron chi connectivity index (χ3n) is 5.25. The number of ketones is 3. The van der Waals surface area contributed by atoms with E-state index in [1.165, 1.54) is 0 Å². The van der Waals surface area contributed by atoms with Gasteiger partial charge in [0.1, 0.15) is 17.3 Å². The van der Waals surface area contributed by atoms with Crippen LogP contribution in [0.4, 0.5) is 0 Å². The van der Waals surface area contributed by atoms with Crippen LogP contribution in [0.3, 0.4) is 0 Å². The van der Waals surface area contributed by atoms with E-state index in [2.05, 4.69) is 0 Å². The maximum atomic E-state index is 12.0. The Morgan fingerprint density at radius 2 is 1.09 bits per heavy atom. The van der Waals surface area contributed by atoms with Crippen molar-refractivity contribution < 1.29 is 45.0 Å². The van der Waals surface area contributed by atoms with E-state index >= 15 is 0 Å². The van der Waals surface area contributed by atoms with E-state index in [4.69, 9.17) is 0 Å². The molecule has 0 aromatic carbocycles. The minimum absolute atomic E-state index is 0.657. The molecule has 1 rings (SSSR count). The lowest BCUT2D eigenvalue weighted by Gasteiger charge is -2.64. The second kappa shape index (κ2) is 4.88. The normalized spacial score (nSPS) is 50.5. The minimum atomic E-state index is -3.59. The SMILES string of the molecule is CC(=O)[C@@]1(O)[C@@](C)(O)[C@@](C)(O)[C@H](O)[C@](O)(C(C)=O)[C@@]1(O)C(C)=O. The van der Waals surface area contributed by atoms with Gasteiger partial charge in [0, 0.05) is 0 Å². The van der Waals surface area contributed by atoms with Gasteiger partial charge in [0.15, 0.2) is 34.2 Å². The Morgan fingerprint density at radius 1 is 0.739 bits per heavy atom. The van der Waals surface area contributed by atoms with Crippen molar-refractivity contribution in [2.24, 2.45) is 0 Å². The molecule has 0 unspecified atom stereocenters. The van der Waals surface area contributed by atoms with Gasteiger partial charge in [0.2, 0.25) is 0 Å². The molecule has 0 aromatic heterocycles. The zero-order valence-electron chi connectivity index (χ0n) is 13.5. The van der Waals surface area contributed by atoms with E-state index in [0.29, 0.717) is 27.7 Å². The summed E-state index contributed by atoms with van der Waals surface area (Å²) in [6.07, 6.45) is -2.59. The van der Waals surface area contributed by atoms with E-state index in [-0.39, 0.29) is 0 Å². The summed E-state index contributed by atoms with van der Waals surface area (Å²) in [7, 11) is 0. The third-order valence-corrected chi connectivity index (χ3v) is 5.25. The van der Waals surface area contributed by atoms with Gasteiger partial charge in [-0.1, -0.05) is 0 Å². The largest absolute Gasteiger partial charge is 0.386 e. The van der Waals surface area contributed by atoms with Crippen LogP contribution in [0.1, 0.15) is 34.6 Å². The van der Waals surface area contributed by atoms with E-state index in [9.17, 15) is 45.0 Å². The summed E-state index contributed by atoms with van der Waals surface area (Å²) in [5, 5.41) is 63.3. The van der Waals surface area contributed by atoms with Crippen LogP contribution < -0.4 is 0 Å². The van der Waals surface area contributed by atoms with Crippen molar-refractivity contribution in [2.45, 2.75) is 68.7 Å². The molecule has 0 amide bonds. The highest BCUT2D eigenvalue weighted by Gasteiger charge is 2.85. The first-order valence-corrected chi connectivity index (χ1v) is 6.82. The molecule has 0 spiro atoms. The molecule has 0 bridgehead atoms. The Morgan fingerprint density at radius 3 is 1.35 bits per heavy atom. The molecule has 1 fully saturated rings. The molecule has 1 aliphatic carbocycles. The zero-order valence-corrected chi connectivity index (χ0v) is 13.5. The molecular weight excluding hydrogens is 312 g/mol. The molecule has 132 valence electrons. The summed E-state index contributed by atoms with van der Waals surface area (Å²) in [4.78, 5) is 36.0. The Kier molecular flexibility index (Phi) is 4.21. The fourth-order valence-electron chi connectivity index (χ4n) is 3.43. The van der Waals surface area contributed by atoms with Crippen molar-refractivity contribution in [3.05, 3.63) is 0 Å². The fraction of sp³-hybridized carbons (Fsp3) is 0.786. The Labute approximate surface area is 132 Å². The van der Waals surface area contributed by atoms with Crippen LogP contribution in [0.15, 0.2) is 0 Å². The highest BCUT2D eigenvalue weighted by atomic mass is 16.5. The van der Waals surface area contributed by atoms with Gasteiger partial charge in [-0.15, -0.1) is 0 Å². The fourth-order valence-corrected chi connectivity index (χ4v) is 3.43. The molecule has 9 nitrogen and oxygen atoms in total. The van der Waals surface area contributed by atoms with Gasteiger partial charge >= 0.3 is 0 Å². The molecule has 23 heavy (non-hydrogen) atoms. The summed E-state index contributed by atoms with van der Waals surface area (Å²) < 4.78 is 0. The summed E-state index contributed by atoms with van der Waals surface area (Å²) in [5.74, 6) is -4.24.